The highest BCUT2D eigenvalue weighted by Crippen LogP contribution is 2.08. The largest absolute Gasteiger partial charge is 0.481 e. The van der Waals surface area contributed by atoms with Gasteiger partial charge in [-0.3, -0.25) is 4.79 Å². The molecule has 1 aromatic rings. The van der Waals surface area contributed by atoms with E-state index in [1.807, 2.05) is 39.0 Å². The van der Waals surface area contributed by atoms with E-state index < -0.39 is 17.7 Å². The molecule has 0 heterocycles. The number of hydrogen-bond acceptors (Lipinski definition) is 3. The number of carbonyl (C=O) groups is 2. The molecule has 0 saturated heterocycles. The molecular formula is C15H21NO4. The van der Waals surface area contributed by atoms with Crippen molar-refractivity contribution in [3.63, 3.8) is 0 Å². The van der Waals surface area contributed by atoms with Gasteiger partial charge in [-0.05, 0) is 38.3 Å². The number of benzene rings is 1. The predicted molar refractivity (Wildman–Crippen MR) is 75.7 cm³/mol. The van der Waals surface area contributed by atoms with Crippen LogP contribution < -0.4 is 5.32 Å². The molecule has 0 aliphatic rings. The summed E-state index contributed by atoms with van der Waals surface area (Å²) in [7, 11) is 0. The number of nitrogens with one attached hydrogen (secondary N) is 1. The normalized spacial score (nSPS) is 10.9. The van der Waals surface area contributed by atoms with Crippen LogP contribution in [0.4, 0.5) is 4.79 Å². The maximum Gasteiger partial charge on any atom is 0.407 e. The van der Waals surface area contributed by atoms with Gasteiger partial charge >= 0.3 is 12.1 Å². The average molecular weight is 279 g/mol. The molecule has 0 aliphatic heterocycles. The Hall–Kier alpha value is -2.04. The van der Waals surface area contributed by atoms with Gasteiger partial charge in [0.05, 0.1) is 6.42 Å². The first-order chi connectivity index (χ1) is 9.26. The molecule has 2 N–H and O–H groups in total. The number of carboxylic acids is 1. The summed E-state index contributed by atoms with van der Waals surface area (Å²) in [4.78, 5) is 22.1. The van der Waals surface area contributed by atoms with Crippen LogP contribution in [0.15, 0.2) is 24.3 Å². The summed E-state index contributed by atoms with van der Waals surface area (Å²) in [5.41, 5.74) is 1.23. The highest BCUT2D eigenvalue weighted by molar-refractivity contribution is 5.70. The lowest BCUT2D eigenvalue weighted by molar-refractivity contribution is -0.136. The molecule has 0 aromatic heterocycles. The predicted octanol–water partition coefficient (Wildman–Crippen LogP) is 2.38. The molecule has 0 saturated carbocycles. The van der Waals surface area contributed by atoms with Gasteiger partial charge in [-0.1, -0.05) is 24.3 Å². The summed E-state index contributed by atoms with van der Waals surface area (Å²) in [6.07, 6.45) is 0.194. The molecule has 0 bridgehead atoms. The van der Waals surface area contributed by atoms with E-state index in [1.54, 1.807) is 6.07 Å². The van der Waals surface area contributed by atoms with Crippen LogP contribution in [0.5, 0.6) is 0 Å². The molecular weight excluding hydrogens is 258 g/mol. The summed E-state index contributed by atoms with van der Waals surface area (Å²) in [5, 5.41) is 11.4. The average Bonchev–Trinajstić information content (AvgIpc) is 2.25. The van der Waals surface area contributed by atoms with Gasteiger partial charge in [0.2, 0.25) is 0 Å². The van der Waals surface area contributed by atoms with Crippen LogP contribution in [0, 0.1) is 0 Å². The van der Waals surface area contributed by atoms with Crippen molar-refractivity contribution in [2.45, 2.75) is 39.2 Å². The zero-order valence-corrected chi connectivity index (χ0v) is 12.1. The molecule has 5 heteroatoms. The molecule has 1 rings (SSSR count). The second-order valence-corrected chi connectivity index (χ2v) is 5.57. The molecule has 20 heavy (non-hydrogen) atoms. The number of amides is 1. The Kier molecular flexibility index (Phi) is 5.55. The topological polar surface area (TPSA) is 75.6 Å². The van der Waals surface area contributed by atoms with Crippen LogP contribution in [0.3, 0.4) is 0 Å². The third-order valence-corrected chi connectivity index (χ3v) is 2.43. The Balaban J connectivity index is 2.42. The molecule has 1 aromatic carbocycles. The van der Waals surface area contributed by atoms with Crippen LogP contribution in [-0.4, -0.2) is 29.3 Å². The fourth-order valence-electron chi connectivity index (χ4n) is 1.69. The number of hydrogen-bond donors (Lipinski definition) is 2. The van der Waals surface area contributed by atoms with Gasteiger partial charge in [0.25, 0.3) is 0 Å². The maximum absolute atomic E-state index is 11.5. The van der Waals surface area contributed by atoms with E-state index in [4.69, 9.17) is 9.84 Å². The number of rotatable bonds is 5. The molecule has 0 aliphatic carbocycles. The van der Waals surface area contributed by atoms with E-state index in [1.165, 1.54) is 0 Å². The van der Waals surface area contributed by atoms with E-state index >= 15 is 0 Å². The van der Waals surface area contributed by atoms with Crippen LogP contribution in [0.2, 0.25) is 0 Å². The first kappa shape index (κ1) is 16.0. The fraction of sp³-hybridized carbons (Fsp3) is 0.467. The Labute approximate surface area is 118 Å². The second kappa shape index (κ2) is 6.93. The van der Waals surface area contributed by atoms with E-state index in [0.29, 0.717) is 13.0 Å². The minimum Gasteiger partial charge on any atom is -0.481 e. The van der Waals surface area contributed by atoms with Gasteiger partial charge in [0.1, 0.15) is 5.60 Å². The van der Waals surface area contributed by atoms with Crippen molar-refractivity contribution in [2.75, 3.05) is 6.54 Å². The molecule has 1 amide bonds. The molecule has 0 atom stereocenters. The van der Waals surface area contributed by atoms with E-state index in [2.05, 4.69) is 5.32 Å². The molecule has 0 spiro atoms. The summed E-state index contributed by atoms with van der Waals surface area (Å²) in [6.45, 7) is 5.87. The Bertz CT molecular complexity index is 477. The summed E-state index contributed by atoms with van der Waals surface area (Å²) >= 11 is 0. The van der Waals surface area contributed by atoms with Gasteiger partial charge in [-0.15, -0.1) is 0 Å². The molecule has 0 unspecified atom stereocenters. The molecule has 0 fully saturated rings. The number of carbonyl (C=O) groups excluding carboxylic acids is 1. The lowest BCUT2D eigenvalue weighted by Gasteiger charge is -2.19. The third kappa shape index (κ3) is 6.78. The van der Waals surface area contributed by atoms with Gasteiger partial charge in [-0.25, -0.2) is 4.79 Å². The lowest BCUT2D eigenvalue weighted by Crippen LogP contribution is -2.33. The lowest BCUT2D eigenvalue weighted by atomic mass is 10.1. The number of alkyl carbamates (subject to hydrolysis) is 1. The Morgan fingerprint density at radius 3 is 2.50 bits per heavy atom. The quantitative estimate of drug-likeness (QED) is 0.867. The number of aliphatic carboxylic acids is 1. The van der Waals surface area contributed by atoms with Crippen molar-refractivity contribution in [2.24, 2.45) is 0 Å². The minimum atomic E-state index is -0.853. The van der Waals surface area contributed by atoms with Crippen molar-refractivity contribution in [3.05, 3.63) is 35.4 Å². The van der Waals surface area contributed by atoms with Gasteiger partial charge in [-0.2, -0.15) is 0 Å². The van der Waals surface area contributed by atoms with Crippen LogP contribution in [0.1, 0.15) is 31.9 Å². The van der Waals surface area contributed by atoms with E-state index in [9.17, 15) is 9.59 Å². The standard InChI is InChI=1S/C15H21NO4/c1-15(2,3)20-14(19)16-8-7-11-5-4-6-12(9-11)10-13(17)18/h4-6,9H,7-8,10H2,1-3H3,(H,16,19)(H,17,18). The van der Waals surface area contributed by atoms with Crippen molar-refractivity contribution in [1.29, 1.82) is 0 Å². The third-order valence-electron chi connectivity index (χ3n) is 2.43. The zero-order chi connectivity index (χ0) is 15.2. The highest BCUT2D eigenvalue weighted by Gasteiger charge is 2.15. The molecule has 5 nitrogen and oxygen atoms in total. The number of ether oxygens (including phenoxy) is 1. The van der Waals surface area contributed by atoms with Crippen molar-refractivity contribution >= 4 is 12.1 Å². The first-order valence-electron chi connectivity index (χ1n) is 6.53. The van der Waals surface area contributed by atoms with Crippen molar-refractivity contribution in [3.8, 4) is 0 Å². The monoisotopic (exact) mass is 279 g/mol. The Morgan fingerprint density at radius 1 is 1.25 bits per heavy atom. The number of carboxylic acid groups (broad SMARTS) is 1. The van der Waals surface area contributed by atoms with Crippen molar-refractivity contribution in [1.82, 2.24) is 5.32 Å². The summed E-state index contributed by atoms with van der Waals surface area (Å²) in [6, 6.07) is 7.34. The smallest absolute Gasteiger partial charge is 0.407 e. The molecule has 110 valence electrons. The fourth-order valence-corrected chi connectivity index (χ4v) is 1.69. The van der Waals surface area contributed by atoms with E-state index in [-0.39, 0.29) is 6.42 Å². The van der Waals surface area contributed by atoms with Crippen LogP contribution in [0.25, 0.3) is 0 Å². The van der Waals surface area contributed by atoms with E-state index in [0.717, 1.165) is 11.1 Å². The minimum absolute atomic E-state index is 0.00728. The van der Waals surface area contributed by atoms with Gasteiger partial charge < -0.3 is 15.2 Å². The van der Waals surface area contributed by atoms with Gasteiger partial charge in [0, 0.05) is 6.54 Å². The summed E-state index contributed by atoms with van der Waals surface area (Å²) < 4.78 is 5.12. The summed E-state index contributed by atoms with van der Waals surface area (Å²) in [5.74, 6) is -0.853. The maximum atomic E-state index is 11.5. The highest BCUT2D eigenvalue weighted by atomic mass is 16.6. The second-order valence-electron chi connectivity index (χ2n) is 5.57. The van der Waals surface area contributed by atoms with Crippen LogP contribution >= 0.6 is 0 Å². The first-order valence-corrected chi connectivity index (χ1v) is 6.53. The zero-order valence-electron chi connectivity index (χ0n) is 12.1. The SMILES string of the molecule is CC(C)(C)OC(=O)NCCc1cccc(CC(=O)O)c1. The van der Waals surface area contributed by atoms with Crippen molar-refractivity contribution < 1.29 is 19.4 Å². The molecule has 0 radical (unpaired) electrons. The van der Waals surface area contributed by atoms with Crippen LogP contribution in [-0.2, 0) is 22.4 Å². The Morgan fingerprint density at radius 2 is 1.90 bits per heavy atom. The van der Waals surface area contributed by atoms with Gasteiger partial charge in [0.15, 0.2) is 0 Å².